The average molecular weight is 428 g/mol. The highest BCUT2D eigenvalue weighted by molar-refractivity contribution is 7.20. The van der Waals surface area contributed by atoms with Gasteiger partial charge < -0.3 is 14.8 Å². The Bertz CT molecular complexity index is 1090. The van der Waals surface area contributed by atoms with E-state index in [1.165, 1.54) is 6.08 Å². The molecule has 0 saturated carbocycles. The minimum Gasteiger partial charge on any atom is -0.457 e. The molecule has 2 heterocycles. The van der Waals surface area contributed by atoms with Gasteiger partial charge in [-0.15, -0.1) is 11.3 Å². The van der Waals surface area contributed by atoms with Gasteiger partial charge in [-0.2, -0.15) is 0 Å². The largest absolute Gasteiger partial charge is 0.457 e. The summed E-state index contributed by atoms with van der Waals surface area (Å²) in [6.07, 6.45) is 0.965. The van der Waals surface area contributed by atoms with E-state index in [-0.39, 0.29) is 12.2 Å². The van der Waals surface area contributed by atoms with Gasteiger partial charge in [0.1, 0.15) is 22.1 Å². The van der Waals surface area contributed by atoms with Crippen LogP contribution in [0.1, 0.15) is 33.5 Å². The first-order valence-corrected chi connectivity index (χ1v) is 10.4. The first-order chi connectivity index (χ1) is 14.4. The van der Waals surface area contributed by atoms with Crippen LogP contribution < -0.4 is 5.56 Å². The summed E-state index contributed by atoms with van der Waals surface area (Å²) in [5.41, 5.74) is 1.37. The Kier molecular flexibility index (Phi) is 7.15. The standard InChI is InChI=1S/C22H25N3O4S/c1-4-10-29-22(28)19-15(3)18-20(27)23-17(24-21(18)30-19)13-25(11-14(2)26)12-16-8-6-5-7-9-16/h4-9,14,26H,1,10-13H2,2-3H3,(H,23,24,27)/t14-/m1/s1. The van der Waals surface area contributed by atoms with Crippen LogP contribution in [0, 0.1) is 6.92 Å². The van der Waals surface area contributed by atoms with Crippen molar-refractivity contribution in [3.8, 4) is 0 Å². The lowest BCUT2D eigenvalue weighted by atomic mass is 10.2. The average Bonchev–Trinajstić information content (AvgIpc) is 3.03. The van der Waals surface area contributed by atoms with Crippen LogP contribution >= 0.6 is 11.3 Å². The molecule has 0 saturated heterocycles. The van der Waals surface area contributed by atoms with Crippen molar-refractivity contribution in [2.75, 3.05) is 13.2 Å². The summed E-state index contributed by atoms with van der Waals surface area (Å²) < 4.78 is 5.11. The van der Waals surface area contributed by atoms with Crippen molar-refractivity contribution in [2.24, 2.45) is 0 Å². The lowest BCUT2D eigenvalue weighted by Gasteiger charge is -2.23. The third kappa shape index (κ3) is 5.21. The van der Waals surface area contributed by atoms with Gasteiger partial charge in [0.2, 0.25) is 0 Å². The van der Waals surface area contributed by atoms with Crippen LogP contribution in [0.3, 0.4) is 0 Å². The molecule has 3 aromatic rings. The van der Waals surface area contributed by atoms with Crippen LogP contribution in [-0.2, 0) is 17.8 Å². The van der Waals surface area contributed by atoms with Crippen molar-refractivity contribution in [2.45, 2.75) is 33.0 Å². The van der Waals surface area contributed by atoms with Gasteiger partial charge in [0.15, 0.2) is 0 Å². The molecule has 1 atom stereocenters. The SMILES string of the molecule is C=CCOC(=O)c1sc2nc(CN(Cc3ccccc3)C[C@@H](C)O)[nH]c(=O)c2c1C. The molecule has 0 radical (unpaired) electrons. The topological polar surface area (TPSA) is 95.5 Å². The fraction of sp³-hybridized carbons (Fsp3) is 0.318. The Morgan fingerprint density at radius 2 is 2.10 bits per heavy atom. The second-order valence-electron chi connectivity index (χ2n) is 7.14. The molecule has 0 fully saturated rings. The minimum atomic E-state index is -0.528. The number of nitrogens with one attached hydrogen (secondary N) is 1. The number of carbonyl (C=O) groups excluding carboxylic acids is 1. The van der Waals surface area contributed by atoms with Crippen LogP contribution in [0.25, 0.3) is 10.2 Å². The molecule has 0 aliphatic rings. The summed E-state index contributed by atoms with van der Waals surface area (Å²) in [4.78, 5) is 35.2. The van der Waals surface area contributed by atoms with Crippen molar-refractivity contribution in [3.63, 3.8) is 0 Å². The highest BCUT2D eigenvalue weighted by Gasteiger charge is 2.21. The lowest BCUT2D eigenvalue weighted by Crippen LogP contribution is -2.31. The smallest absolute Gasteiger partial charge is 0.348 e. The van der Waals surface area contributed by atoms with Crippen molar-refractivity contribution in [1.82, 2.24) is 14.9 Å². The third-order valence-corrected chi connectivity index (χ3v) is 5.68. The van der Waals surface area contributed by atoms with Crippen molar-refractivity contribution in [3.05, 3.63) is 75.2 Å². The van der Waals surface area contributed by atoms with E-state index in [0.29, 0.717) is 46.1 Å². The van der Waals surface area contributed by atoms with Gasteiger partial charge in [0.25, 0.3) is 5.56 Å². The van der Waals surface area contributed by atoms with E-state index >= 15 is 0 Å². The summed E-state index contributed by atoms with van der Waals surface area (Å²) >= 11 is 1.15. The highest BCUT2D eigenvalue weighted by atomic mass is 32.1. The van der Waals surface area contributed by atoms with Crippen LogP contribution in [0.5, 0.6) is 0 Å². The summed E-state index contributed by atoms with van der Waals surface area (Å²) in [7, 11) is 0. The summed E-state index contributed by atoms with van der Waals surface area (Å²) in [5.74, 6) is -0.00694. The van der Waals surface area contributed by atoms with E-state index in [2.05, 4.69) is 16.5 Å². The molecule has 8 heteroatoms. The van der Waals surface area contributed by atoms with Crippen molar-refractivity contribution in [1.29, 1.82) is 0 Å². The van der Waals surface area contributed by atoms with E-state index in [9.17, 15) is 14.7 Å². The van der Waals surface area contributed by atoms with E-state index < -0.39 is 12.1 Å². The third-order valence-electron chi connectivity index (χ3n) is 4.51. The monoisotopic (exact) mass is 427 g/mol. The van der Waals surface area contributed by atoms with Crippen LogP contribution in [0.2, 0.25) is 0 Å². The molecule has 0 amide bonds. The Hall–Kier alpha value is -2.81. The zero-order chi connectivity index (χ0) is 21.7. The van der Waals surface area contributed by atoms with Gasteiger partial charge in [-0.3, -0.25) is 9.69 Å². The van der Waals surface area contributed by atoms with Crippen LogP contribution in [-0.4, -0.2) is 45.2 Å². The molecule has 1 aromatic carbocycles. The summed E-state index contributed by atoms with van der Waals surface area (Å²) in [5, 5.41) is 10.3. The number of thiophene rings is 1. The number of aliphatic hydroxyl groups is 1. The molecule has 0 aliphatic heterocycles. The number of hydrogen-bond donors (Lipinski definition) is 2. The number of esters is 1. The van der Waals surface area contributed by atoms with Gasteiger partial charge >= 0.3 is 5.97 Å². The van der Waals surface area contributed by atoms with Gasteiger partial charge in [0.05, 0.1) is 18.0 Å². The van der Waals surface area contributed by atoms with E-state index in [4.69, 9.17) is 4.74 Å². The number of aromatic amines is 1. The molecule has 0 spiro atoms. The van der Waals surface area contributed by atoms with Gasteiger partial charge in [-0.05, 0) is 25.0 Å². The van der Waals surface area contributed by atoms with Crippen molar-refractivity contribution < 1.29 is 14.6 Å². The quantitative estimate of drug-likeness (QED) is 0.403. The van der Waals surface area contributed by atoms with Crippen molar-refractivity contribution >= 4 is 27.5 Å². The first kappa shape index (κ1) is 21.9. The molecule has 30 heavy (non-hydrogen) atoms. The number of ether oxygens (including phenoxy) is 1. The molecule has 158 valence electrons. The predicted octanol–water partition coefficient (Wildman–Crippen LogP) is 3.02. The number of rotatable bonds is 9. The normalized spacial score (nSPS) is 12.3. The Morgan fingerprint density at radius 3 is 2.77 bits per heavy atom. The van der Waals surface area contributed by atoms with E-state index in [0.717, 1.165) is 16.9 Å². The molecular weight excluding hydrogens is 402 g/mol. The molecule has 0 unspecified atom stereocenters. The maximum Gasteiger partial charge on any atom is 0.348 e. The fourth-order valence-corrected chi connectivity index (χ4v) is 4.36. The number of carbonyl (C=O) groups is 1. The van der Waals surface area contributed by atoms with E-state index in [1.54, 1.807) is 13.8 Å². The number of fused-ring (bicyclic) bond motifs is 1. The van der Waals surface area contributed by atoms with Crippen LogP contribution in [0.15, 0.2) is 47.8 Å². The molecule has 2 aromatic heterocycles. The zero-order valence-corrected chi connectivity index (χ0v) is 17.9. The van der Waals surface area contributed by atoms with Crippen LogP contribution in [0.4, 0.5) is 0 Å². The number of aliphatic hydroxyl groups excluding tert-OH is 1. The number of aromatic nitrogens is 2. The molecular formula is C22H25N3O4S. The second kappa shape index (κ2) is 9.80. The summed E-state index contributed by atoms with van der Waals surface area (Å²) in [6.45, 7) is 8.47. The van der Waals surface area contributed by atoms with Gasteiger partial charge in [0, 0.05) is 13.1 Å². The predicted molar refractivity (Wildman–Crippen MR) is 118 cm³/mol. The fourth-order valence-electron chi connectivity index (χ4n) is 3.27. The molecule has 0 aliphatic carbocycles. The zero-order valence-electron chi connectivity index (χ0n) is 17.1. The molecule has 3 rings (SSSR count). The van der Waals surface area contributed by atoms with Gasteiger partial charge in [-0.25, -0.2) is 9.78 Å². The number of nitrogens with zero attached hydrogens (tertiary/aromatic N) is 2. The molecule has 7 nitrogen and oxygen atoms in total. The van der Waals surface area contributed by atoms with Gasteiger partial charge in [-0.1, -0.05) is 43.0 Å². The first-order valence-electron chi connectivity index (χ1n) is 9.63. The Morgan fingerprint density at radius 1 is 1.37 bits per heavy atom. The highest BCUT2D eigenvalue weighted by Crippen LogP contribution is 2.27. The minimum absolute atomic E-state index is 0.106. The lowest BCUT2D eigenvalue weighted by molar-refractivity contribution is 0.0554. The number of benzene rings is 1. The number of aryl methyl sites for hydroxylation is 1. The summed E-state index contributed by atoms with van der Waals surface area (Å²) in [6, 6.07) is 9.90. The Balaban J connectivity index is 1.89. The maximum absolute atomic E-state index is 12.7. The molecule has 0 bridgehead atoms. The Labute approximate surface area is 178 Å². The molecule has 2 N–H and O–H groups in total. The maximum atomic E-state index is 12.7. The number of hydrogen-bond acceptors (Lipinski definition) is 7. The number of H-pyrrole nitrogens is 1. The second-order valence-corrected chi connectivity index (χ2v) is 8.14. The van der Waals surface area contributed by atoms with E-state index in [1.807, 2.05) is 35.2 Å².